The molecule has 77 heavy (non-hydrogen) atoms. The van der Waals surface area contributed by atoms with Crippen molar-refractivity contribution in [3.63, 3.8) is 0 Å². The van der Waals surface area contributed by atoms with Gasteiger partial charge in [-0.15, -0.1) is 0 Å². The molecule has 1 N–H and O–H groups in total. The van der Waals surface area contributed by atoms with Gasteiger partial charge >= 0.3 is 19.8 Å². The van der Waals surface area contributed by atoms with E-state index in [0.29, 0.717) is 17.4 Å². The number of rotatable bonds is 52. The van der Waals surface area contributed by atoms with Crippen LogP contribution in [-0.4, -0.2) is 74.9 Å². The minimum atomic E-state index is -4.40. The molecule has 0 aromatic carbocycles. The fourth-order valence-corrected chi connectivity index (χ4v) is 7.97. The Balaban J connectivity index is 4.18. The van der Waals surface area contributed by atoms with Gasteiger partial charge in [-0.1, -0.05) is 217 Å². The van der Waals surface area contributed by atoms with Crippen molar-refractivity contribution in [1.82, 2.24) is 0 Å². The standard InChI is InChI=1S/C67H108NO8P/c1-6-8-10-12-14-16-18-20-21-22-23-24-25-26-27-28-29-30-31-32-33-34-35-36-37-38-39-40-41-42-43-44-45-46-47-48-50-52-54-56-58-60-67(70)76-65(64-75-77(71,72)74-62-61-68(3,4)5)63-73-66(69)59-57-55-53-51-49-19-17-15-13-11-9-7-2/h8,10,14-17,20-21,23-24,26-27,29-30,32-33,35-36,38-39,41-42,44-45,47-48,65H,6-7,9,11-13,18-19,22,25,28,31,34,37,40,43,46,49-64H2,1-5H3/p+1/b10-8-,16-14-,17-15-,21-20-,24-23-,27-26-,30-29-,33-32-,36-35-,39-38-,42-41-,45-44-,48-47-. The molecule has 9 nitrogen and oxygen atoms in total. The number of phosphoric ester groups is 1. The summed E-state index contributed by atoms with van der Waals surface area (Å²) < 4.78 is 34.4. The lowest BCUT2D eigenvalue weighted by atomic mass is 10.1. The number of carbonyl (C=O) groups is 2. The number of quaternary nitrogens is 1. The molecule has 0 radical (unpaired) electrons. The van der Waals surface area contributed by atoms with Crippen LogP contribution in [0, 0.1) is 0 Å². The van der Waals surface area contributed by atoms with Crippen molar-refractivity contribution in [3.8, 4) is 0 Å². The zero-order chi connectivity index (χ0) is 56.3. The van der Waals surface area contributed by atoms with Gasteiger partial charge in [-0.05, 0) is 128 Å². The summed E-state index contributed by atoms with van der Waals surface area (Å²) in [6.45, 7) is 4.22. The maximum absolute atomic E-state index is 12.8. The summed E-state index contributed by atoms with van der Waals surface area (Å²) in [7, 11) is 1.43. The number of likely N-dealkylation sites (N-methyl/N-ethyl adjacent to an activating group) is 1. The largest absolute Gasteiger partial charge is 0.472 e. The number of esters is 2. The van der Waals surface area contributed by atoms with Crippen LogP contribution in [0.3, 0.4) is 0 Å². The van der Waals surface area contributed by atoms with Gasteiger partial charge < -0.3 is 18.9 Å². The van der Waals surface area contributed by atoms with E-state index in [0.717, 1.165) is 148 Å². The van der Waals surface area contributed by atoms with Gasteiger partial charge in [-0.2, -0.15) is 0 Å². The fraction of sp³-hybridized carbons (Fsp3) is 0.582. The van der Waals surface area contributed by atoms with Crippen LogP contribution in [0.15, 0.2) is 158 Å². The molecule has 2 atom stereocenters. The second-order valence-corrected chi connectivity index (χ2v) is 21.7. The first-order valence-corrected chi connectivity index (χ1v) is 31.2. The van der Waals surface area contributed by atoms with Crippen molar-refractivity contribution in [1.29, 1.82) is 0 Å². The van der Waals surface area contributed by atoms with Gasteiger partial charge in [0.2, 0.25) is 0 Å². The van der Waals surface area contributed by atoms with Crippen molar-refractivity contribution < 1.29 is 42.1 Å². The van der Waals surface area contributed by atoms with Crippen molar-refractivity contribution in [2.24, 2.45) is 0 Å². The van der Waals surface area contributed by atoms with Gasteiger partial charge in [-0.25, -0.2) is 4.57 Å². The number of unbranched alkanes of at least 4 members (excludes halogenated alkanes) is 12. The maximum atomic E-state index is 12.8. The number of hydrogen-bond acceptors (Lipinski definition) is 7. The Morgan fingerprint density at radius 3 is 1.12 bits per heavy atom. The zero-order valence-corrected chi connectivity index (χ0v) is 50.0. The summed E-state index contributed by atoms with van der Waals surface area (Å²) in [5.74, 6) is -0.851. The third kappa shape index (κ3) is 60.7. The molecule has 10 heteroatoms. The molecule has 434 valence electrons. The van der Waals surface area contributed by atoms with E-state index in [1.54, 1.807) is 0 Å². The second kappa shape index (κ2) is 56.4. The molecule has 0 fully saturated rings. The topological polar surface area (TPSA) is 108 Å². The highest BCUT2D eigenvalue weighted by molar-refractivity contribution is 7.47. The summed E-state index contributed by atoms with van der Waals surface area (Å²) in [6.07, 6.45) is 84.7. The van der Waals surface area contributed by atoms with Crippen LogP contribution in [0.4, 0.5) is 0 Å². The van der Waals surface area contributed by atoms with E-state index in [1.165, 1.54) is 19.3 Å². The van der Waals surface area contributed by atoms with E-state index in [-0.39, 0.29) is 26.1 Å². The van der Waals surface area contributed by atoms with Gasteiger partial charge in [-0.3, -0.25) is 18.6 Å². The van der Waals surface area contributed by atoms with Crippen LogP contribution >= 0.6 is 7.82 Å². The molecule has 0 aliphatic carbocycles. The van der Waals surface area contributed by atoms with Crippen LogP contribution in [0.25, 0.3) is 0 Å². The van der Waals surface area contributed by atoms with E-state index in [1.807, 2.05) is 21.1 Å². The molecule has 0 spiro atoms. The molecule has 0 bridgehead atoms. The third-order valence-corrected chi connectivity index (χ3v) is 12.8. The zero-order valence-electron chi connectivity index (χ0n) is 49.1. The first kappa shape index (κ1) is 72.6. The van der Waals surface area contributed by atoms with Crippen molar-refractivity contribution >= 4 is 19.8 Å². The Hall–Kier alpha value is -4.37. The smallest absolute Gasteiger partial charge is 0.462 e. The number of allylic oxidation sites excluding steroid dienone is 26. The summed E-state index contributed by atoms with van der Waals surface area (Å²) in [5.41, 5.74) is 0. The molecule has 0 aromatic rings. The molecule has 2 unspecified atom stereocenters. The van der Waals surface area contributed by atoms with E-state index in [4.69, 9.17) is 18.5 Å². The van der Waals surface area contributed by atoms with Gasteiger partial charge in [0.05, 0.1) is 27.7 Å². The van der Waals surface area contributed by atoms with Crippen molar-refractivity contribution in [2.45, 2.75) is 206 Å². The highest BCUT2D eigenvalue weighted by atomic mass is 31.2. The molecule has 0 aliphatic heterocycles. The Kier molecular flexibility index (Phi) is 53.2. The lowest BCUT2D eigenvalue weighted by Gasteiger charge is -2.24. The Morgan fingerprint density at radius 2 is 0.740 bits per heavy atom. The van der Waals surface area contributed by atoms with E-state index >= 15 is 0 Å². The summed E-state index contributed by atoms with van der Waals surface area (Å²) >= 11 is 0. The van der Waals surface area contributed by atoms with E-state index in [2.05, 4.69) is 172 Å². The maximum Gasteiger partial charge on any atom is 0.472 e. The lowest BCUT2D eigenvalue weighted by Crippen LogP contribution is -2.37. The van der Waals surface area contributed by atoms with Crippen molar-refractivity contribution in [2.75, 3.05) is 47.5 Å². The summed E-state index contributed by atoms with van der Waals surface area (Å²) in [4.78, 5) is 35.5. The number of carbonyl (C=O) groups excluding carboxylic acids is 2. The summed E-state index contributed by atoms with van der Waals surface area (Å²) in [5, 5.41) is 0. The number of hydrogen-bond donors (Lipinski definition) is 1. The molecule has 0 aliphatic rings. The minimum Gasteiger partial charge on any atom is -0.462 e. The van der Waals surface area contributed by atoms with Crippen LogP contribution in [0.1, 0.15) is 200 Å². The van der Waals surface area contributed by atoms with Crippen molar-refractivity contribution in [3.05, 3.63) is 158 Å². The number of nitrogens with zero attached hydrogens (tertiary/aromatic N) is 1. The first-order chi connectivity index (χ1) is 37.5. The number of phosphoric acid groups is 1. The monoisotopic (exact) mass is 1090 g/mol. The molecule has 0 rings (SSSR count). The third-order valence-electron chi connectivity index (χ3n) is 11.8. The van der Waals surface area contributed by atoms with Gasteiger partial charge in [0.25, 0.3) is 0 Å². The molecule has 0 amide bonds. The highest BCUT2D eigenvalue weighted by Crippen LogP contribution is 2.43. The Labute approximate surface area is 471 Å². The quantitative estimate of drug-likeness (QED) is 0.0211. The summed E-state index contributed by atoms with van der Waals surface area (Å²) in [6, 6.07) is 0. The average molecular weight is 1090 g/mol. The molecule has 0 aromatic heterocycles. The molecule has 0 saturated carbocycles. The normalized spacial score (nSPS) is 14.4. The molecule has 0 saturated heterocycles. The average Bonchev–Trinajstić information content (AvgIpc) is 3.39. The van der Waals surface area contributed by atoms with Gasteiger partial charge in [0, 0.05) is 12.8 Å². The van der Waals surface area contributed by atoms with Crippen LogP contribution < -0.4 is 0 Å². The minimum absolute atomic E-state index is 0.0169. The Morgan fingerprint density at radius 1 is 0.416 bits per heavy atom. The lowest BCUT2D eigenvalue weighted by molar-refractivity contribution is -0.870. The van der Waals surface area contributed by atoms with Crippen LogP contribution in [-0.2, 0) is 32.7 Å². The van der Waals surface area contributed by atoms with E-state index < -0.39 is 32.5 Å². The van der Waals surface area contributed by atoms with Crippen LogP contribution in [0.2, 0.25) is 0 Å². The SMILES string of the molecule is CC/C=C\C/C=C\C/C=C\C/C=C\C/C=C\C/C=C\C/C=C\C/C=C\C/C=C\C/C=C\C/C=C\C/C=C\CCCCCCC(=O)OC(COC(=O)CCCCCCC/C=C\CCCCC)COP(=O)(O)OCC[N+](C)(C)C. The molecular weight excluding hydrogens is 978 g/mol. The predicted molar refractivity (Wildman–Crippen MR) is 330 cm³/mol. The van der Waals surface area contributed by atoms with Gasteiger partial charge in [0.1, 0.15) is 19.8 Å². The predicted octanol–water partition coefficient (Wildman–Crippen LogP) is 18.9. The molecular formula is C67H109NO8P+. The number of ether oxygens (including phenoxy) is 2. The Bertz CT molecular complexity index is 1850. The molecule has 0 heterocycles. The van der Waals surface area contributed by atoms with E-state index in [9.17, 15) is 19.0 Å². The second-order valence-electron chi connectivity index (χ2n) is 20.3. The fourth-order valence-electron chi connectivity index (χ4n) is 7.22. The van der Waals surface area contributed by atoms with Gasteiger partial charge in [0.15, 0.2) is 6.10 Å². The van der Waals surface area contributed by atoms with Crippen LogP contribution in [0.5, 0.6) is 0 Å². The first-order valence-electron chi connectivity index (χ1n) is 29.7. The highest BCUT2D eigenvalue weighted by Gasteiger charge is 2.27.